The monoisotopic (exact) mass is 231 g/mol. The fourth-order valence-electron chi connectivity index (χ4n) is 1.07. The van der Waals surface area contributed by atoms with Crippen molar-refractivity contribution < 1.29 is 9.53 Å². The van der Waals surface area contributed by atoms with Gasteiger partial charge in [0.25, 0.3) is 0 Å². The fourth-order valence-corrected chi connectivity index (χ4v) is 1.07. The number of amides is 1. The summed E-state index contributed by atoms with van der Waals surface area (Å²) in [4.78, 5) is 13.4. The molecular weight excluding hydrogens is 206 g/mol. The highest BCUT2D eigenvalue weighted by Crippen LogP contribution is 1.92. The van der Waals surface area contributed by atoms with Crippen LogP contribution in [0.2, 0.25) is 0 Å². The number of likely N-dealkylation sites (N-methyl/N-ethyl adjacent to an activating group) is 1. The Labute approximate surface area is 98.3 Å². The lowest BCUT2D eigenvalue weighted by molar-refractivity contribution is -0.121. The molecule has 96 valence electrons. The molecule has 0 saturated heterocycles. The standard InChI is InChI=1S/C11H25N3O2/c1-4-10(12)9-11(15)13-5-7-16-8-6-14(2)3/h10H,4-9,12H2,1-3H3,(H,13,15). The summed E-state index contributed by atoms with van der Waals surface area (Å²) < 4.78 is 5.34. The normalized spacial score (nSPS) is 12.8. The first-order valence-electron chi connectivity index (χ1n) is 5.81. The quantitative estimate of drug-likeness (QED) is 0.540. The van der Waals surface area contributed by atoms with Crippen molar-refractivity contribution in [1.82, 2.24) is 10.2 Å². The van der Waals surface area contributed by atoms with Crippen LogP contribution in [0, 0.1) is 0 Å². The van der Waals surface area contributed by atoms with Crippen LogP contribution in [0.4, 0.5) is 0 Å². The number of nitrogens with one attached hydrogen (secondary N) is 1. The van der Waals surface area contributed by atoms with Gasteiger partial charge in [-0.15, -0.1) is 0 Å². The van der Waals surface area contributed by atoms with Crippen LogP contribution < -0.4 is 11.1 Å². The van der Waals surface area contributed by atoms with Crippen molar-refractivity contribution in [3.8, 4) is 0 Å². The summed E-state index contributed by atoms with van der Waals surface area (Å²) in [5, 5.41) is 2.78. The second-order valence-electron chi connectivity index (χ2n) is 4.14. The minimum Gasteiger partial charge on any atom is -0.378 e. The lowest BCUT2D eigenvalue weighted by Gasteiger charge is -2.11. The predicted molar refractivity (Wildman–Crippen MR) is 65.3 cm³/mol. The molecule has 0 fully saturated rings. The van der Waals surface area contributed by atoms with Gasteiger partial charge in [0.05, 0.1) is 13.2 Å². The van der Waals surface area contributed by atoms with Crippen molar-refractivity contribution >= 4 is 5.91 Å². The topological polar surface area (TPSA) is 67.6 Å². The number of nitrogens with zero attached hydrogens (tertiary/aromatic N) is 1. The molecule has 0 saturated carbocycles. The van der Waals surface area contributed by atoms with E-state index < -0.39 is 0 Å². The lowest BCUT2D eigenvalue weighted by Crippen LogP contribution is -2.33. The molecule has 1 atom stereocenters. The summed E-state index contributed by atoms with van der Waals surface area (Å²) in [5.74, 6) is 0.00515. The van der Waals surface area contributed by atoms with Crippen LogP contribution in [0.25, 0.3) is 0 Å². The van der Waals surface area contributed by atoms with E-state index >= 15 is 0 Å². The molecule has 0 rings (SSSR count). The number of nitrogens with two attached hydrogens (primary N) is 1. The molecule has 0 radical (unpaired) electrons. The first-order valence-corrected chi connectivity index (χ1v) is 5.81. The molecule has 0 aliphatic carbocycles. The summed E-state index contributed by atoms with van der Waals surface area (Å²) in [7, 11) is 3.99. The van der Waals surface area contributed by atoms with Crippen molar-refractivity contribution in [2.75, 3.05) is 40.4 Å². The van der Waals surface area contributed by atoms with Crippen molar-refractivity contribution in [3.05, 3.63) is 0 Å². The molecule has 1 amide bonds. The van der Waals surface area contributed by atoms with Gasteiger partial charge in [-0.25, -0.2) is 0 Å². The number of hydrogen-bond acceptors (Lipinski definition) is 4. The molecular formula is C11H25N3O2. The van der Waals surface area contributed by atoms with E-state index in [0.717, 1.165) is 13.0 Å². The number of hydrogen-bond donors (Lipinski definition) is 2. The van der Waals surface area contributed by atoms with Gasteiger partial charge in [-0.3, -0.25) is 4.79 Å². The zero-order chi connectivity index (χ0) is 12.4. The minimum atomic E-state index is -0.0327. The first kappa shape index (κ1) is 15.3. The lowest BCUT2D eigenvalue weighted by atomic mass is 10.1. The molecule has 5 heteroatoms. The van der Waals surface area contributed by atoms with E-state index in [-0.39, 0.29) is 11.9 Å². The second-order valence-corrected chi connectivity index (χ2v) is 4.14. The molecule has 0 aromatic rings. The average Bonchev–Trinajstić information content (AvgIpc) is 2.22. The largest absolute Gasteiger partial charge is 0.378 e. The zero-order valence-electron chi connectivity index (χ0n) is 10.7. The van der Waals surface area contributed by atoms with E-state index in [4.69, 9.17) is 10.5 Å². The summed E-state index contributed by atoms with van der Waals surface area (Å²) in [6, 6.07) is -0.0327. The Bertz CT molecular complexity index is 186. The zero-order valence-corrected chi connectivity index (χ0v) is 10.7. The third kappa shape index (κ3) is 9.89. The molecule has 0 aromatic heterocycles. The third-order valence-electron chi connectivity index (χ3n) is 2.22. The SMILES string of the molecule is CCC(N)CC(=O)NCCOCCN(C)C. The van der Waals surface area contributed by atoms with Gasteiger partial charge in [0, 0.05) is 25.6 Å². The Morgan fingerprint density at radius 2 is 2.12 bits per heavy atom. The van der Waals surface area contributed by atoms with Gasteiger partial charge in [0.2, 0.25) is 5.91 Å². The summed E-state index contributed by atoms with van der Waals surface area (Å²) in [5.41, 5.74) is 5.66. The number of carbonyl (C=O) groups is 1. The number of carbonyl (C=O) groups excluding carboxylic acids is 1. The molecule has 0 bridgehead atoms. The molecule has 0 heterocycles. The second kappa shape index (κ2) is 9.57. The van der Waals surface area contributed by atoms with E-state index in [9.17, 15) is 4.79 Å². The first-order chi connectivity index (χ1) is 7.56. The maximum absolute atomic E-state index is 11.3. The van der Waals surface area contributed by atoms with Crippen LogP contribution in [-0.2, 0) is 9.53 Å². The van der Waals surface area contributed by atoms with Crippen molar-refractivity contribution in [2.45, 2.75) is 25.8 Å². The van der Waals surface area contributed by atoms with E-state index in [1.165, 1.54) is 0 Å². The van der Waals surface area contributed by atoms with E-state index in [2.05, 4.69) is 10.2 Å². The van der Waals surface area contributed by atoms with E-state index in [1.807, 2.05) is 21.0 Å². The van der Waals surface area contributed by atoms with Crippen LogP contribution >= 0.6 is 0 Å². The van der Waals surface area contributed by atoms with Crippen LogP contribution in [0.1, 0.15) is 19.8 Å². The van der Waals surface area contributed by atoms with Crippen LogP contribution in [0.3, 0.4) is 0 Å². The van der Waals surface area contributed by atoms with Gasteiger partial charge < -0.3 is 20.7 Å². The van der Waals surface area contributed by atoms with Crippen LogP contribution in [0.15, 0.2) is 0 Å². The van der Waals surface area contributed by atoms with Gasteiger partial charge in [-0.1, -0.05) is 6.92 Å². The highest BCUT2D eigenvalue weighted by molar-refractivity contribution is 5.76. The molecule has 0 aliphatic heterocycles. The molecule has 0 aliphatic rings. The maximum Gasteiger partial charge on any atom is 0.221 e. The molecule has 3 N–H and O–H groups in total. The fraction of sp³-hybridized carbons (Fsp3) is 0.909. The Balaban J connectivity index is 3.28. The highest BCUT2D eigenvalue weighted by atomic mass is 16.5. The van der Waals surface area contributed by atoms with Crippen LogP contribution in [-0.4, -0.2) is 57.2 Å². The minimum absolute atomic E-state index is 0.00515. The Morgan fingerprint density at radius 3 is 2.69 bits per heavy atom. The Morgan fingerprint density at radius 1 is 1.44 bits per heavy atom. The van der Waals surface area contributed by atoms with Gasteiger partial charge >= 0.3 is 0 Å². The number of rotatable bonds is 9. The van der Waals surface area contributed by atoms with Crippen molar-refractivity contribution in [3.63, 3.8) is 0 Å². The Hall–Kier alpha value is -0.650. The van der Waals surface area contributed by atoms with E-state index in [1.54, 1.807) is 0 Å². The third-order valence-corrected chi connectivity index (χ3v) is 2.22. The predicted octanol–water partition coefficient (Wildman–Crippen LogP) is -0.192. The smallest absolute Gasteiger partial charge is 0.221 e. The molecule has 0 aromatic carbocycles. The van der Waals surface area contributed by atoms with Crippen LogP contribution in [0.5, 0.6) is 0 Å². The van der Waals surface area contributed by atoms with Gasteiger partial charge in [0.15, 0.2) is 0 Å². The Kier molecular flexibility index (Phi) is 9.18. The van der Waals surface area contributed by atoms with E-state index in [0.29, 0.717) is 26.2 Å². The average molecular weight is 231 g/mol. The number of ether oxygens (including phenoxy) is 1. The van der Waals surface area contributed by atoms with Gasteiger partial charge in [-0.2, -0.15) is 0 Å². The summed E-state index contributed by atoms with van der Waals surface area (Å²) in [6.07, 6.45) is 1.22. The summed E-state index contributed by atoms with van der Waals surface area (Å²) >= 11 is 0. The van der Waals surface area contributed by atoms with Crippen molar-refractivity contribution in [2.24, 2.45) is 5.73 Å². The molecule has 1 unspecified atom stereocenters. The maximum atomic E-state index is 11.3. The van der Waals surface area contributed by atoms with Gasteiger partial charge in [-0.05, 0) is 20.5 Å². The molecule has 0 spiro atoms. The molecule has 16 heavy (non-hydrogen) atoms. The highest BCUT2D eigenvalue weighted by Gasteiger charge is 2.06. The summed E-state index contributed by atoms with van der Waals surface area (Å²) in [6.45, 7) is 4.68. The van der Waals surface area contributed by atoms with Gasteiger partial charge in [0.1, 0.15) is 0 Å². The molecule has 5 nitrogen and oxygen atoms in total. The van der Waals surface area contributed by atoms with Crippen molar-refractivity contribution in [1.29, 1.82) is 0 Å².